The second kappa shape index (κ2) is 9.98. The molecule has 0 bridgehead atoms. The zero-order chi connectivity index (χ0) is 28.1. The number of nitro groups is 1. The van der Waals surface area contributed by atoms with Crippen LogP contribution in [0.25, 0.3) is 17.0 Å². The van der Waals surface area contributed by atoms with E-state index in [-0.39, 0.29) is 16.4 Å². The van der Waals surface area contributed by atoms with Gasteiger partial charge in [0.1, 0.15) is 17.0 Å². The number of nitrogens with one attached hydrogen (secondary N) is 1. The Bertz CT molecular complexity index is 1570. The number of aromatic amines is 1. The molecule has 0 fully saturated rings. The fourth-order valence-corrected chi connectivity index (χ4v) is 7.73. The number of hydrogen-bond donors (Lipinski definition) is 1. The zero-order valence-electron chi connectivity index (χ0n) is 22.8. The van der Waals surface area contributed by atoms with Crippen molar-refractivity contribution in [1.29, 1.82) is 0 Å². The SMILES string of the molecule is COc1cc[n+](-c2nc3cc4c(cc3[nH]2)C(C)(C)C(=O)C4(C)C)c(CSSCc2ccccc2[N+](=O)[O-])c1C. The van der Waals surface area contributed by atoms with Gasteiger partial charge in [0.05, 0.1) is 24.0 Å². The predicted molar refractivity (Wildman–Crippen MR) is 156 cm³/mol. The van der Waals surface area contributed by atoms with E-state index in [9.17, 15) is 14.9 Å². The number of hydrogen-bond acceptors (Lipinski definition) is 7. The molecule has 2 heterocycles. The Labute approximate surface area is 235 Å². The number of imidazole rings is 1. The molecule has 5 rings (SSSR count). The molecule has 8 nitrogen and oxygen atoms in total. The molecule has 0 aliphatic heterocycles. The highest BCUT2D eigenvalue weighted by atomic mass is 33.1. The average molecular weight is 564 g/mol. The van der Waals surface area contributed by atoms with Crippen molar-refractivity contribution in [2.75, 3.05) is 7.11 Å². The van der Waals surface area contributed by atoms with Crippen LogP contribution < -0.4 is 9.30 Å². The second-order valence-electron chi connectivity index (χ2n) is 10.8. The molecule has 1 N–H and O–H groups in total. The van der Waals surface area contributed by atoms with Gasteiger partial charge in [-0.25, -0.2) is 9.55 Å². The lowest BCUT2D eigenvalue weighted by Gasteiger charge is -2.21. The molecule has 0 amide bonds. The molecule has 2 aromatic carbocycles. The maximum absolute atomic E-state index is 13.1. The number of ether oxygens (including phenoxy) is 1. The summed E-state index contributed by atoms with van der Waals surface area (Å²) in [6.45, 7) is 9.98. The minimum Gasteiger partial charge on any atom is -0.496 e. The van der Waals surface area contributed by atoms with E-state index in [2.05, 4.69) is 11.1 Å². The molecule has 1 aliphatic rings. The van der Waals surface area contributed by atoms with Crippen molar-refractivity contribution < 1.29 is 19.0 Å². The first-order chi connectivity index (χ1) is 18.5. The summed E-state index contributed by atoms with van der Waals surface area (Å²) < 4.78 is 7.63. The quantitative estimate of drug-likeness (QED) is 0.0884. The predicted octanol–water partition coefficient (Wildman–Crippen LogP) is 6.28. The van der Waals surface area contributed by atoms with E-state index < -0.39 is 10.8 Å². The number of aromatic nitrogens is 3. The second-order valence-corrected chi connectivity index (χ2v) is 13.3. The van der Waals surface area contributed by atoms with E-state index in [1.165, 1.54) is 6.07 Å². The van der Waals surface area contributed by atoms with Crippen LogP contribution in [0.2, 0.25) is 0 Å². The number of nitro benzene ring substituents is 1. The van der Waals surface area contributed by atoms with Crippen molar-refractivity contribution in [2.45, 2.75) is 57.0 Å². The fourth-order valence-electron chi connectivity index (χ4n) is 5.51. The van der Waals surface area contributed by atoms with Gasteiger partial charge in [0.15, 0.2) is 11.3 Å². The van der Waals surface area contributed by atoms with Gasteiger partial charge in [0.25, 0.3) is 5.69 Å². The van der Waals surface area contributed by atoms with Gasteiger partial charge in [-0.05, 0) is 57.9 Å². The number of pyridine rings is 1. The number of H-pyrrole nitrogens is 1. The number of para-hydroxylation sites is 1. The minimum atomic E-state index is -0.567. The molecule has 1 aliphatic carbocycles. The molecular weight excluding hydrogens is 532 g/mol. The summed E-state index contributed by atoms with van der Waals surface area (Å²) in [5.41, 5.74) is 5.48. The summed E-state index contributed by atoms with van der Waals surface area (Å²) in [6, 6.07) is 12.9. The van der Waals surface area contributed by atoms with Crippen LogP contribution in [0.15, 0.2) is 48.7 Å². The molecule has 39 heavy (non-hydrogen) atoms. The number of ketones is 1. The Morgan fingerprint density at radius 3 is 2.41 bits per heavy atom. The molecule has 0 atom stereocenters. The fraction of sp³-hybridized carbons (Fsp3) is 0.345. The lowest BCUT2D eigenvalue weighted by Crippen LogP contribution is -2.37. The molecule has 0 radical (unpaired) electrons. The Kier molecular flexibility index (Phi) is 6.97. The topological polar surface area (TPSA) is 102 Å². The van der Waals surface area contributed by atoms with E-state index in [4.69, 9.17) is 9.72 Å². The minimum absolute atomic E-state index is 0.139. The number of carbonyl (C=O) groups excluding carboxylic acids is 1. The van der Waals surface area contributed by atoms with Crippen molar-refractivity contribution >= 4 is 44.1 Å². The normalized spacial score (nSPS) is 15.5. The highest BCUT2D eigenvalue weighted by Crippen LogP contribution is 2.47. The molecule has 0 saturated heterocycles. The largest absolute Gasteiger partial charge is 0.496 e. The van der Waals surface area contributed by atoms with Crippen LogP contribution in [0, 0.1) is 17.0 Å². The van der Waals surface area contributed by atoms with Crippen LogP contribution in [0.4, 0.5) is 5.69 Å². The van der Waals surface area contributed by atoms with Gasteiger partial charge in [-0.1, -0.05) is 44.8 Å². The van der Waals surface area contributed by atoms with Crippen molar-refractivity contribution in [2.24, 2.45) is 0 Å². The van der Waals surface area contributed by atoms with Crippen LogP contribution in [0.3, 0.4) is 0 Å². The first-order valence-corrected chi connectivity index (χ1v) is 15.1. The van der Waals surface area contributed by atoms with Gasteiger partial charge in [0, 0.05) is 39.8 Å². The first kappa shape index (κ1) is 27.2. The molecular formula is C29H31N4O4S2+. The Balaban J connectivity index is 1.47. The number of rotatable bonds is 8. The van der Waals surface area contributed by atoms with Crippen LogP contribution in [-0.2, 0) is 27.1 Å². The number of benzene rings is 2. The molecule has 202 valence electrons. The maximum atomic E-state index is 13.1. The van der Waals surface area contributed by atoms with Crippen LogP contribution in [0.5, 0.6) is 5.75 Å². The van der Waals surface area contributed by atoms with Gasteiger partial charge in [-0.15, -0.1) is 0 Å². The Morgan fingerprint density at radius 2 is 1.72 bits per heavy atom. The highest BCUT2D eigenvalue weighted by Gasteiger charge is 2.50. The van der Waals surface area contributed by atoms with Gasteiger partial charge >= 0.3 is 5.95 Å². The average Bonchev–Trinajstić information content (AvgIpc) is 3.38. The maximum Gasteiger partial charge on any atom is 0.402 e. The Morgan fingerprint density at radius 1 is 1.05 bits per heavy atom. The number of nitrogens with zero attached hydrogens (tertiary/aromatic N) is 3. The molecule has 10 heteroatoms. The van der Waals surface area contributed by atoms with E-state index in [0.29, 0.717) is 23.0 Å². The van der Waals surface area contributed by atoms with Gasteiger partial charge < -0.3 is 4.74 Å². The van der Waals surface area contributed by atoms with Gasteiger partial charge in [-0.2, -0.15) is 0 Å². The third-order valence-corrected chi connectivity index (χ3v) is 9.88. The molecule has 0 unspecified atom stereocenters. The molecule has 2 aromatic heterocycles. The Hall–Kier alpha value is -3.37. The van der Waals surface area contributed by atoms with E-state index >= 15 is 0 Å². The molecule has 4 aromatic rings. The lowest BCUT2D eigenvalue weighted by atomic mass is 9.80. The van der Waals surface area contributed by atoms with Crippen molar-refractivity contribution in [3.63, 3.8) is 0 Å². The standard InChI is InChI=1S/C29H31N4O4S2/c1-17-24(16-39-38-15-18-9-7-8-10-23(18)33(35)36)32(12-11-25(17)37-6)27-30-21-13-19-20(14-22(21)31-27)29(4,5)26(34)28(19,2)3/h7-14H,15-16H2,1-6H3,(H,30,31)/q+1. The number of Topliss-reactive ketones (excluding diaryl/α,β-unsaturated/α-hetero) is 1. The smallest absolute Gasteiger partial charge is 0.402 e. The summed E-state index contributed by atoms with van der Waals surface area (Å²) in [4.78, 5) is 32.5. The summed E-state index contributed by atoms with van der Waals surface area (Å²) in [5, 5.41) is 11.4. The summed E-state index contributed by atoms with van der Waals surface area (Å²) >= 11 is 0. The first-order valence-electron chi connectivity index (χ1n) is 12.6. The lowest BCUT2D eigenvalue weighted by molar-refractivity contribution is -0.610. The van der Waals surface area contributed by atoms with Gasteiger partial charge in [-0.3, -0.25) is 14.9 Å². The monoisotopic (exact) mass is 563 g/mol. The van der Waals surface area contributed by atoms with Crippen LogP contribution >= 0.6 is 21.6 Å². The number of carbonyl (C=O) groups is 1. The van der Waals surface area contributed by atoms with Gasteiger partial charge in [0.2, 0.25) is 0 Å². The van der Waals surface area contributed by atoms with E-state index in [0.717, 1.165) is 39.2 Å². The molecule has 0 spiro atoms. The number of fused-ring (bicyclic) bond motifs is 2. The third kappa shape index (κ3) is 4.59. The van der Waals surface area contributed by atoms with Crippen LogP contribution in [-0.4, -0.2) is 27.8 Å². The molecule has 0 saturated carbocycles. The number of methoxy groups -OCH3 is 1. The third-order valence-electron chi connectivity index (χ3n) is 7.69. The highest BCUT2D eigenvalue weighted by molar-refractivity contribution is 8.76. The van der Waals surface area contributed by atoms with E-state index in [1.54, 1.807) is 40.8 Å². The van der Waals surface area contributed by atoms with Crippen LogP contribution in [0.1, 0.15) is 55.6 Å². The zero-order valence-corrected chi connectivity index (χ0v) is 24.5. The summed E-state index contributed by atoms with van der Waals surface area (Å²) in [6.07, 6.45) is 1.94. The van der Waals surface area contributed by atoms with E-state index in [1.807, 2.05) is 63.6 Å². The summed E-state index contributed by atoms with van der Waals surface area (Å²) in [7, 11) is 4.85. The van der Waals surface area contributed by atoms with Crippen molar-refractivity contribution in [3.8, 4) is 11.7 Å². The van der Waals surface area contributed by atoms with Crippen molar-refractivity contribution in [3.05, 3.63) is 86.7 Å². The van der Waals surface area contributed by atoms with Crippen molar-refractivity contribution in [1.82, 2.24) is 9.97 Å². The summed E-state index contributed by atoms with van der Waals surface area (Å²) in [5.74, 6) is 2.83.